The Morgan fingerprint density at radius 3 is 2.69 bits per heavy atom. The maximum atomic E-state index is 11.7. The molecule has 1 aliphatic heterocycles. The van der Waals surface area contributed by atoms with E-state index >= 15 is 0 Å². The third kappa shape index (κ3) is 5.51. The molecule has 8 heteroatoms. The van der Waals surface area contributed by atoms with Crippen molar-refractivity contribution in [3.05, 3.63) is 28.7 Å². The first-order valence-electron chi connectivity index (χ1n) is 10.7. The van der Waals surface area contributed by atoms with Crippen LogP contribution in [0, 0.1) is 10.8 Å². The molecule has 5 N–H and O–H groups in total. The predicted octanol–water partition coefficient (Wildman–Crippen LogP) is 2.05. The van der Waals surface area contributed by atoms with Gasteiger partial charge in [-0.25, -0.2) is 4.79 Å². The van der Waals surface area contributed by atoms with E-state index in [-0.39, 0.29) is 30.3 Å². The van der Waals surface area contributed by atoms with Crippen LogP contribution in [0.15, 0.2) is 29.0 Å². The molecule has 8 nitrogen and oxygen atoms in total. The molecule has 0 aromatic rings. The number of nitrogens with two attached hydrogens (primary N) is 1. The lowest BCUT2D eigenvalue weighted by atomic mass is 9.76. The Balaban J connectivity index is 1.50. The molecule has 5 atom stereocenters. The normalized spacial score (nSPS) is 36.6. The molecule has 0 aromatic carbocycles. The lowest BCUT2D eigenvalue weighted by molar-refractivity contribution is -0.135. The van der Waals surface area contributed by atoms with Crippen molar-refractivity contribution in [1.82, 2.24) is 10.6 Å². The number of rotatable bonds is 8. The number of carbonyl (C=O) groups is 1. The third-order valence-corrected chi connectivity index (χ3v) is 6.43. The number of fused-ring (bicyclic) bond motifs is 1. The summed E-state index contributed by atoms with van der Waals surface area (Å²) in [7, 11) is 0. The Labute approximate surface area is 172 Å². The largest absolute Gasteiger partial charge is 0.478 e. The number of allylic oxidation sites excluding steroid dienone is 2. The van der Waals surface area contributed by atoms with Gasteiger partial charge in [0.15, 0.2) is 0 Å². The smallest absolute Gasteiger partial charge is 0.334 e. The number of hydrogen-bond donors (Lipinski definition) is 4. The molecular weight excluding hydrogens is 372 g/mol. The van der Waals surface area contributed by atoms with E-state index in [9.17, 15) is 14.8 Å². The monoisotopic (exact) mass is 406 g/mol. The predicted molar refractivity (Wildman–Crippen MR) is 111 cm³/mol. The Morgan fingerprint density at radius 2 is 2.07 bits per heavy atom. The topological polar surface area (TPSA) is 126 Å². The molecule has 2 aliphatic carbocycles. The van der Waals surface area contributed by atoms with Gasteiger partial charge >= 0.3 is 5.97 Å². The summed E-state index contributed by atoms with van der Waals surface area (Å²) in [5.74, 6) is -0.861. The second-order valence-corrected chi connectivity index (χ2v) is 8.98. The second kappa shape index (κ2) is 9.47. The van der Waals surface area contributed by atoms with Crippen molar-refractivity contribution < 1.29 is 14.6 Å². The molecule has 3 aliphatic rings. The second-order valence-electron chi connectivity index (χ2n) is 8.98. The molecule has 29 heavy (non-hydrogen) atoms. The van der Waals surface area contributed by atoms with Crippen LogP contribution in [0.3, 0.4) is 0 Å². The Kier molecular flexibility index (Phi) is 7.21. The number of carboxylic acid groups (broad SMARTS) is 1. The fourth-order valence-electron chi connectivity index (χ4n) is 5.13. The van der Waals surface area contributed by atoms with E-state index in [1.54, 1.807) is 12.2 Å². The SMILES string of the molecule is CC(N)NC1CCC(CC(C)NC2COC3C(C(=O)O)=CC=CC3C2)(N=O)CC1. The zero-order chi connectivity index (χ0) is 21.0. The molecule has 0 bridgehead atoms. The van der Waals surface area contributed by atoms with Crippen LogP contribution < -0.4 is 16.4 Å². The van der Waals surface area contributed by atoms with Crippen molar-refractivity contribution in [1.29, 1.82) is 0 Å². The lowest BCUT2D eigenvalue weighted by Gasteiger charge is -2.40. The first-order chi connectivity index (χ1) is 13.8. The van der Waals surface area contributed by atoms with Crippen LogP contribution in [0.25, 0.3) is 0 Å². The summed E-state index contributed by atoms with van der Waals surface area (Å²) < 4.78 is 5.89. The van der Waals surface area contributed by atoms with Gasteiger partial charge in [-0.3, -0.25) is 5.32 Å². The molecule has 1 heterocycles. The van der Waals surface area contributed by atoms with E-state index in [4.69, 9.17) is 10.5 Å². The zero-order valence-electron chi connectivity index (χ0n) is 17.3. The third-order valence-electron chi connectivity index (χ3n) is 6.43. The standard InChI is InChI=1S/C21H34N4O4/c1-13(11-21(25-28)8-6-16(7-9-21)24-14(2)22)23-17-10-15-4-3-5-18(20(26)27)19(15)29-12-17/h3-5,13-17,19,23-24H,6-12,22H2,1-2H3,(H,26,27). The van der Waals surface area contributed by atoms with Crippen LogP contribution >= 0.6 is 0 Å². The molecule has 0 aromatic heterocycles. The van der Waals surface area contributed by atoms with E-state index in [2.05, 4.69) is 22.7 Å². The van der Waals surface area contributed by atoms with E-state index < -0.39 is 11.5 Å². The van der Waals surface area contributed by atoms with Gasteiger partial charge in [0.1, 0.15) is 5.54 Å². The minimum absolute atomic E-state index is 0.0438. The van der Waals surface area contributed by atoms with Gasteiger partial charge in [0.25, 0.3) is 0 Å². The Bertz CT molecular complexity index is 655. The number of carboxylic acids is 1. The van der Waals surface area contributed by atoms with Gasteiger partial charge in [-0.15, -0.1) is 0 Å². The first-order valence-corrected chi connectivity index (χ1v) is 10.7. The summed E-state index contributed by atoms with van der Waals surface area (Å²) in [4.78, 5) is 23.1. The average Bonchev–Trinajstić information content (AvgIpc) is 2.68. The molecule has 0 amide bonds. The van der Waals surface area contributed by atoms with Gasteiger partial charge in [0, 0.05) is 24.0 Å². The number of nitrogens with one attached hydrogen (secondary N) is 2. The molecule has 3 rings (SSSR count). The minimum atomic E-state index is -0.919. The van der Waals surface area contributed by atoms with Crippen molar-refractivity contribution in [2.75, 3.05) is 6.61 Å². The van der Waals surface area contributed by atoms with Gasteiger partial charge in [0.05, 0.1) is 24.4 Å². The van der Waals surface area contributed by atoms with E-state index in [0.29, 0.717) is 24.6 Å². The number of ether oxygens (including phenoxy) is 1. The lowest BCUT2D eigenvalue weighted by Crippen LogP contribution is -2.51. The summed E-state index contributed by atoms with van der Waals surface area (Å²) in [6.45, 7) is 4.48. The van der Waals surface area contributed by atoms with Gasteiger partial charge in [0.2, 0.25) is 0 Å². The quantitative estimate of drug-likeness (QED) is 0.359. The highest BCUT2D eigenvalue weighted by Crippen LogP contribution is 2.36. The number of hydrogen-bond acceptors (Lipinski definition) is 7. The number of nitroso groups, excluding NO2 is 1. The highest BCUT2D eigenvalue weighted by molar-refractivity contribution is 5.88. The van der Waals surface area contributed by atoms with Gasteiger partial charge < -0.3 is 20.9 Å². The molecule has 1 saturated heterocycles. The highest BCUT2D eigenvalue weighted by atomic mass is 16.5. The molecule has 0 spiro atoms. The van der Waals surface area contributed by atoms with Crippen molar-refractivity contribution in [2.24, 2.45) is 16.8 Å². The summed E-state index contributed by atoms with van der Waals surface area (Å²) in [5, 5.41) is 19.8. The van der Waals surface area contributed by atoms with Crippen molar-refractivity contribution >= 4 is 5.97 Å². The molecule has 2 fully saturated rings. The van der Waals surface area contributed by atoms with Crippen LogP contribution in [0.1, 0.15) is 52.4 Å². The van der Waals surface area contributed by atoms with Crippen LogP contribution in [-0.4, -0.2) is 53.6 Å². The Hall–Kier alpha value is -1.61. The van der Waals surface area contributed by atoms with Crippen LogP contribution in [-0.2, 0) is 9.53 Å². The summed E-state index contributed by atoms with van der Waals surface area (Å²) >= 11 is 0. The van der Waals surface area contributed by atoms with E-state index in [1.165, 1.54) is 0 Å². The van der Waals surface area contributed by atoms with Gasteiger partial charge in [-0.05, 0) is 58.4 Å². The molecule has 5 unspecified atom stereocenters. The molecule has 162 valence electrons. The van der Waals surface area contributed by atoms with Crippen molar-refractivity contribution in [2.45, 2.75) is 88.3 Å². The Morgan fingerprint density at radius 1 is 1.34 bits per heavy atom. The van der Waals surface area contributed by atoms with Crippen LogP contribution in [0.5, 0.6) is 0 Å². The fraction of sp³-hybridized carbons (Fsp3) is 0.762. The van der Waals surface area contributed by atoms with Crippen molar-refractivity contribution in [3.8, 4) is 0 Å². The maximum Gasteiger partial charge on any atom is 0.334 e. The van der Waals surface area contributed by atoms with Gasteiger partial charge in [-0.1, -0.05) is 17.3 Å². The van der Waals surface area contributed by atoms with Crippen LogP contribution in [0.4, 0.5) is 0 Å². The summed E-state index contributed by atoms with van der Waals surface area (Å²) in [6, 6.07) is 0.605. The molecule has 1 saturated carbocycles. The molecule has 0 radical (unpaired) electrons. The number of nitrogens with zero attached hydrogens (tertiary/aromatic N) is 1. The van der Waals surface area contributed by atoms with Gasteiger partial charge in [-0.2, -0.15) is 4.91 Å². The van der Waals surface area contributed by atoms with E-state index in [1.807, 2.05) is 13.0 Å². The maximum absolute atomic E-state index is 11.7. The fourth-order valence-corrected chi connectivity index (χ4v) is 5.13. The van der Waals surface area contributed by atoms with Crippen molar-refractivity contribution in [3.63, 3.8) is 0 Å². The molecular formula is C21H34N4O4. The highest BCUT2D eigenvalue weighted by Gasteiger charge is 2.40. The zero-order valence-corrected chi connectivity index (χ0v) is 17.3. The number of aliphatic carboxylic acids is 1. The minimum Gasteiger partial charge on any atom is -0.478 e. The first kappa shape index (κ1) is 22.1. The summed E-state index contributed by atoms with van der Waals surface area (Å²) in [5.41, 5.74) is 5.62. The van der Waals surface area contributed by atoms with E-state index in [0.717, 1.165) is 32.1 Å². The summed E-state index contributed by atoms with van der Waals surface area (Å²) in [6.07, 6.45) is 9.91. The average molecular weight is 407 g/mol. The van der Waals surface area contributed by atoms with Crippen LogP contribution in [0.2, 0.25) is 0 Å².